The Morgan fingerprint density at radius 1 is 1.41 bits per heavy atom. The fourth-order valence-corrected chi connectivity index (χ4v) is 1.88. The topological polar surface area (TPSA) is 101 Å². The number of benzene rings is 1. The maximum atomic E-state index is 10.9. The third-order valence-electron chi connectivity index (χ3n) is 2.86. The van der Waals surface area contributed by atoms with E-state index >= 15 is 0 Å². The third kappa shape index (κ3) is 5.96. The van der Waals surface area contributed by atoms with E-state index in [1.54, 1.807) is 32.4 Å². The largest absolute Gasteiger partial charge is 0.383 e. The summed E-state index contributed by atoms with van der Waals surface area (Å²) in [5.74, 6) is 0.661. The highest BCUT2D eigenvalue weighted by atomic mass is 16.6. The summed E-state index contributed by atoms with van der Waals surface area (Å²) in [5, 5.41) is 20.2. The quantitative estimate of drug-likeness (QED) is 0.219. The number of nitrogens with zero attached hydrogens (tertiary/aromatic N) is 2. The second-order valence-corrected chi connectivity index (χ2v) is 4.70. The molecule has 0 aliphatic rings. The summed E-state index contributed by atoms with van der Waals surface area (Å²) in [4.78, 5) is 14.6. The molecule has 8 nitrogen and oxygen atoms in total. The summed E-state index contributed by atoms with van der Waals surface area (Å²) in [6.07, 6.45) is 0. The van der Waals surface area contributed by atoms with Crippen LogP contribution < -0.4 is 16.0 Å². The van der Waals surface area contributed by atoms with E-state index in [1.165, 1.54) is 6.07 Å². The smallest absolute Gasteiger partial charge is 0.292 e. The molecule has 1 rings (SSSR count). The number of guanidine groups is 1. The maximum Gasteiger partial charge on any atom is 0.292 e. The molecule has 0 aliphatic carbocycles. The van der Waals surface area contributed by atoms with Crippen molar-refractivity contribution < 1.29 is 9.66 Å². The van der Waals surface area contributed by atoms with E-state index in [0.29, 0.717) is 31.3 Å². The van der Waals surface area contributed by atoms with Gasteiger partial charge in [0.15, 0.2) is 5.96 Å². The molecule has 1 unspecified atom stereocenters. The van der Waals surface area contributed by atoms with Gasteiger partial charge in [-0.2, -0.15) is 0 Å². The zero-order valence-corrected chi connectivity index (χ0v) is 13.1. The Hall–Kier alpha value is -2.35. The fraction of sp³-hybridized carbons (Fsp3) is 0.500. The number of rotatable bonds is 8. The molecule has 1 aromatic rings. The van der Waals surface area contributed by atoms with Crippen LogP contribution >= 0.6 is 0 Å². The second kappa shape index (κ2) is 9.56. The molecule has 22 heavy (non-hydrogen) atoms. The molecule has 0 aliphatic heterocycles. The molecule has 0 amide bonds. The van der Waals surface area contributed by atoms with Crippen LogP contribution in [0.3, 0.4) is 0 Å². The molecule has 3 N–H and O–H groups in total. The highest BCUT2D eigenvalue weighted by Crippen LogP contribution is 2.22. The van der Waals surface area contributed by atoms with E-state index < -0.39 is 4.92 Å². The highest BCUT2D eigenvalue weighted by Gasteiger charge is 2.11. The number of ether oxygens (including phenoxy) is 1. The van der Waals surface area contributed by atoms with Crippen LogP contribution in [-0.2, 0) is 4.74 Å². The average Bonchev–Trinajstić information content (AvgIpc) is 2.50. The Bertz CT molecular complexity index is 507. The minimum Gasteiger partial charge on any atom is -0.383 e. The van der Waals surface area contributed by atoms with Gasteiger partial charge >= 0.3 is 0 Å². The van der Waals surface area contributed by atoms with Crippen molar-refractivity contribution in [2.24, 2.45) is 4.99 Å². The first-order valence-corrected chi connectivity index (χ1v) is 7.02. The van der Waals surface area contributed by atoms with Crippen molar-refractivity contribution in [3.8, 4) is 0 Å². The lowest BCUT2D eigenvalue weighted by Crippen LogP contribution is -2.45. The molecule has 122 valence electrons. The number of hydrogen-bond donors (Lipinski definition) is 3. The van der Waals surface area contributed by atoms with Crippen LogP contribution in [0.25, 0.3) is 0 Å². The van der Waals surface area contributed by atoms with Gasteiger partial charge in [-0.3, -0.25) is 15.1 Å². The Balaban J connectivity index is 2.40. The van der Waals surface area contributed by atoms with Gasteiger partial charge in [-0.15, -0.1) is 0 Å². The number of nitrogens with one attached hydrogen (secondary N) is 3. The molecular formula is C14H23N5O3. The summed E-state index contributed by atoms with van der Waals surface area (Å²) in [5.41, 5.74) is 0.573. The van der Waals surface area contributed by atoms with Gasteiger partial charge in [0.25, 0.3) is 5.69 Å². The van der Waals surface area contributed by atoms with Gasteiger partial charge in [-0.05, 0) is 13.0 Å². The number of hydrogen-bond acceptors (Lipinski definition) is 5. The van der Waals surface area contributed by atoms with Crippen LogP contribution in [-0.4, -0.2) is 50.8 Å². The highest BCUT2D eigenvalue weighted by molar-refractivity contribution is 5.80. The van der Waals surface area contributed by atoms with Crippen LogP contribution in [0.4, 0.5) is 11.4 Å². The van der Waals surface area contributed by atoms with Gasteiger partial charge in [0, 0.05) is 39.4 Å². The molecule has 0 saturated heterocycles. The molecular weight excluding hydrogens is 286 g/mol. The van der Waals surface area contributed by atoms with Crippen molar-refractivity contribution in [2.75, 3.05) is 39.2 Å². The van der Waals surface area contributed by atoms with E-state index in [9.17, 15) is 10.1 Å². The Morgan fingerprint density at radius 2 is 2.14 bits per heavy atom. The Kier molecular flexibility index (Phi) is 7.69. The monoisotopic (exact) mass is 309 g/mol. The van der Waals surface area contributed by atoms with Gasteiger partial charge in [-0.1, -0.05) is 12.1 Å². The van der Waals surface area contributed by atoms with Crippen molar-refractivity contribution in [1.29, 1.82) is 0 Å². The first kappa shape index (κ1) is 17.7. The van der Waals surface area contributed by atoms with Gasteiger partial charge in [-0.25, -0.2) is 0 Å². The summed E-state index contributed by atoms with van der Waals surface area (Å²) in [6, 6.07) is 6.70. The number of aliphatic imine (C=N–C) groups is 1. The third-order valence-corrected chi connectivity index (χ3v) is 2.86. The molecule has 8 heteroatoms. The lowest BCUT2D eigenvalue weighted by molar-refractivity contribution is -0.384. The molecule has 1 atom stereocenters. The molecule has 0 fully saturated rings. The van der Waals surface area contributed by atoms with Gasteiger partial charge in [0.05, 0.1) is 11.5 Å². The van der Waals surface area contributed by atoms with Crippen LogP contribution in [0.2, 0.25) is 0 Å². The Morgan fingerprint density at radius 3 is 2.77 bits per heavy atom. The molecule has 0 bridgehead atoms. The molecule has 0 spiro atoms. The van der Waals surface area contributed by atoms with E-state index in [1.807, 2.05) is 6.92 Å². The SMILES string of the molecule is CN=C(NCCNc1ccccc1[N+](=O)[O-])NC(C)COC. The molecule has 0 aromatic heterocycles. The normalized spacial score (nSPS) is 12.6. The van der Waals surface area contributed by atoms with Crippen LogP contribution in [0.5, 0.6) is 0 Å². The average molecular weight is 309 g/mol. The minimum absolute atomic E-state index is 0.0683. The van der Waals surface area contributed by atoms with E-state index in [2.05, 4.69) is 20.9 Å². The Labute approximate surface area is 130 Å². The van der Waals surface area contributed by atoms with Crippen molar-refractivity contribution in [1.82, 2.24) is 10.6 Å². The summed E-state index contributed by atoms with van der Waals surface area (Å²) in [7, 11) is 3.33. The minimum atomic E-state index is -0.400. The lowest BCUT2D eigenvalue weighted by Gasteiger charge is -2.17. The lowest BCUT2D eigenvalue weighted by atomic mass is 10.2. The molecule has 0 saturated carbocycles. The first-order valence-electron chi connectivity index (χ1n) is 7.02. The van der Waals surface area contributed by atoms with E-state index in [0.717, 1.165) is 0 Å². The van der Waals surface area contributed by atoms with Crippen LogP contribution in [0.1, 0.15) is 6.92 Å². The van der Waals surface area contributed by atoms with Crippen molar-refractivity contribution in [3.05, 3.63) is 34.4 Å². The number of para-hydroxylation sites is 2. The van der Waals surface area contributed by atoms with Crippen molar-refractivity contribution in [3.63, 3.8) is 0 Å². The van der Waals surface area contributed by atoms with E-state index in [4.69, 9.17) is 4.74 Å². The maximum absolute atomic E-state index is 10.9. The van der Waals surface area contributed by atoms with Crippen molar-refractivity contribution >= 4 is 17.3 Å². The second-order valence-electron chi connectivity index (χ2n) is 4.70. The summed E-state index contributed by atoms with van der Waals surface area (Å²) >= 11 is 0. The van der Waals surface area contributed by atoms with Crippen LogP contribution in [0, 0.1) is 10.1 Å². The number of nitro groups is 1. The number of anilines is 1. The first-order chi connectivity index (χ1) is 10.6. The molecule has 1 aromatic carbocycles. The predicted molar refractivity (Wildman–Crippen MR) is 87.4 cm³/mol. The fourth-order valence-electron chi connectivity index (χ4n) is 1.88. The zero-order chi connectivity index (χ0) is 16.4. The summed E-state index contributed by atoms with van der Waals surface area (Å²) in [6.45, 7) is 3.67. The van der Waals surface area contributed by atoms with Crippen LogP contribution in [0.15, 0.2) is 29.3 Å². The summed E-state index contributed by atoms with van der Waals surface area (Å²) < 4.78 is 5.05. The van der Waals surface area contributed by atoms with Gasteiger partial charge in [0.2, 0.25) is 0 Å². The number of nitro benzene ring substituents is 1. The molecule has 0 heterocycles. The molecule has 0 radical (unpaired) electrons. The van der Waals surface area contributed by atoms with Gasteiger partial charge in [0.1, 0.15) is 5.69 Å². The van der Waals surface area contributed by atoms with E-state index in [-0.39, 0.29) is 11.7 Å². The van der Waals surface area contributed by atoms with Gasteiger partial charge < -0.3 is 20.7 Å². The number of methoxy groups -OCH3 is 1. The predicted octanol–water partition coefficient (Wildman–Crippen LogP) is 1.21. The standard InChI is InChI=1S/C14H23N5O3/c1-11(10-22-3)18-14(15-2)17-9-8-16-12-6-4-5-7-13(12)19(20)21/h4-7,11,16H,8-10H2,1-3H3,(H2,15,17,18). The zero-order valence-electron chi connectivity index (χ0n) is 13.1. The van der Waals surface area contributed by atoms with Crippen molar-refractivity contribution in [2.45, 2.75) is 13.0 Å².